The molecule has 156 valence electrons. The Morgan fingerprint density at radius 1 is 0.630 bits per heavy atom. The third kappa shape index (κ3) is 22.1. The van der Waals surface area contributed by atoms with Crippen molar-refractivity contribution in [3.05, 3.63) is 0 Å². The van der Waals surface area contributed by atoms with E-state index in [1.54, 1.807) is 0 Å². The Bertz CT molecular complexity index is 347. The summed E-state index contributed by atoms with van der Waals surface area (Å²) in [6, 6.07) is 0. The molecule has 0 heterocycles. The molecule has 0 saturated heterocycles. The van der Waals surface area contributed by atoms with Gasteiger partial charge in [0, 0.05) is 0 Å². The van der Waals surface area contributed by atoms with Gasteiger partial charge in [-0.3, -0.25) is 9.59 Å². The van der Waals surface area contributed by atoms with Crippen LogP contribution in [0.5, 0.6) is 0 Å². The van der Waals surface area contributed by atoms with E-state index in [1.165, 1.54) is 83.5 Å². The van der Waals surface area contributed by atoms with Gasteiger partial charge in [-0.05, 0) is 6.42 Å². The van der Waals surface area contributed by atoms with Crippen LogP contribution in [0.2, 0.25) is 0 Å². The molecule has 0 aliphatic carbocycles. The predicted molar refractivity (Wildman–Crippen MR) is 115 cm³/mol. The number of carbonyl (C=O) groups is 2. The Hall–Kier alpha value is -0.0600. The fourth-order valence-electron chi connectivity index (χ4n) is 3.46. The van der Waals surface area contributed by atoms with E-state index >= 15 is 0 Å². The van der Waals surface area contributed by atoms with E-state index in [-0.39, 0.29) is 36.0 Å². The number of aliphatic carboxylic acids is 2. The van der Waals surface area contributed by atoms with Crippen molar-refractivity contribution in [3.8, 4) is 0 Å². The number of rotatable bonds is 20. The van der Waals surface area contributed by atoms with Gasteiger partial charge in [-0.25, -0.2) is 0 Å². The summed E-state index contributed by atoms with van der Waals surface area (Å²) in [5.41, 5.74) is 0. The summed E-state index contributed by atoms with van der Waals surface area (Å²) in [5.74, 6) is -2.72. The van der Waals surface area contributed by atoms with E-state index in [4.69, 9.17) is 10.2 Å². The Labute approximate surface area is 189 Å². The Morgan fingerprint density at radius 2 is 0.963 bits per heavy atom. The van der Waals surface area contributed by atoms with Gasteiger partial charge in [0.2, 0.25) is 0 Å². The minimum absolute atomic E-state index is 0. The van der Waals surface area contributed by atoms with E-state index in [0.717, 1.165) is 19.3 Å². The monoisotopic (exact) mass is 394 g/mol. The first-order valence-corrected chi connectivity index (χ1v) is 11.0. The predicted octanol–water partition coefficient (Wildman–Crippen LogP) is 6.17. The number of hydrogen-bond donors (Lipinski definition) is 2. The van der Waals surface area contributed by atoms with Crippen LogP contribution < -0.4 is 0 Å². The summed E-state index contributed by atoms with van der Waals surface area (Å²) in [6.07, 6.45) is 20.9. The quantitative estimate of drug-likeness (QED) is 0.191. The van der Waals surface area contributed by atoms with Crippen molar-refractivity contribution in [2.75, 3.05) is 0 Å². The molecule has 0 amide bonds. The second-order valence-corrected chi connectivity index (χ2v) is 7.72. The Morgan fingerprint density at radius 3 is 1.26 bits per heavy atom. The number of carboxylic acid groups (broad SMARTS) is 2. The molecule has 0 rings (SSSR count). The van der Waals surface area contributed by atoms with Gasteiger partial charge in [0.1, 0.15) is 0 Å². The third-order valence-corrected chi connectivity index (χ3v) is 5.18. The van der Waals surface area contributed by atoms with Crippen LogP contribution in [0, 0.1) is 5.92 Å². The van der Waals surface area contributed by atoms with Gasteiger partial charge in [-0.1, -0.05) is 110 Å². The van der Waals surface area contributed by atoms with Crippen LogP contribution in [0.25, 0.3) is 0 Å². The molecule has 27 heavy (non-hydrogen) atoms. The van der Waals surface area contributed by atoms with E-state index < -0.39 is 17.9 Å². The van der Waals surface area contributed by atoms with Crippen LogP contribution in [-0.2, 0) is 9.59 Å². The van der Waals surface area contributed by atoms with Gasteiger partial charge < -0.3 is 10.2 Å². The van der Waals surface area contributed by atoms with E-state index in [9.17, 15) is 9.59 Å². The molecule has 0 aromatic carbocycles. The van der Waals surface area contributed by atoms with E-state index in [1.807, 2.05) is 0 Å². The molecule has 1 atom stereocenters. The zero-order chi connectivity index (χ0) is 19.5. The summed E-state index contributed by atoms with van der Waals surface area (Å²) >= 11 is 0. The first-order chi connectivity index (χ1) is 12.6. The van der Waals surface area contributed by atoms with Crippen molar-refractivity contribution in [3.63, 3.8) is 0 Å². The summed E-state index contributed by atoms with van der Waals surface area (Å²) < 4.78 is 0. The molecule has 0 aliphatic heterocycles. The normalized spacial score (nSPS) is 11.7. The molecule has 0 aromatic rings. The Kier molecular flexibility index (Phi) is 24.0. The molecule has 5 heteroatoms. The van der Waals surface area contributed by atoms with E-state index in [2.05, 4.69) is 6.92 Å². The average molecular weight is 395 g/mol. The average Bonchev–Trinajstić information content (AvgIpc) is 2.59. The van der Waals surface area contributed by atoms with Gasteiger partial charge in [0.05, 0.1) is 12.3 Å². The van der Waals surface area contributed by atoms with Crippen molar-refractivity contribution in [1.29, 1.82) is 0 Å². The summed E-state index contributed by atoms with van der Waals surface area (Å²) in [7, 11) is 0. The standard InChI is InChI=1S/C22H42O4.Na.H/c1-2-3-4-5-6-7-8-9-10-11-12-13-14-15-16-17-18-20(22(25)26)19-21(23)24;;/h20H,2-19H2,1H3,(H,23,24)(H,25,26);;. The van der Waals surface area contributed by atoms with Gasteiger partial charge in [-0.2, -0.15) is 0 Å². The molecule has 0 aliphatic rings. The van der Waals surface area contributed by atoms with Gasteiger partial charge in [-0.15, -0.1) is 0 Å². The number of carboxylic acids is 2. The van der Waals surface area contributed by atoms with Gasteiger partial charge in [0.25, 0.3) is 0 Å². The van der Waals surface area contributed by atoms with Crippen LogP contribution in [0.15, 0.2) is 0 Å². The summed E-state index contributed by atoms with van der Waals surface area (Å²) in [6.45, 7) is 2.26. The molecule has 0 radical (unpaired) electrons. The zero-order valence-electron chi connectivity index (χ0n) is 17.0. The van der Waals surface area contributed by atoms with Crippen molar-refractivity contribution in [2.45, 2.75) is 122 Å². The molecule has 0 bridgehead atoms. The number of unbranched alkanes of at least 4 members (excludes halogenated alkanes) is 15. The maximum atomic E-state index is 11.0. The second kappa shape index (κ2) is 22.2. The molecule has 1 unspecified atom stereocenters. The van der Waals surface area contributed by atoms with Crippen LogP contribution in [0.1, 0.15) is 122 Å². The summed E-state index contributed by atoms with van der Waals surface area (Å²) in [4.78, 5) is 21.6. The van der Waals surface area contributed by atoms with Crippen LogP contribution in [0.4, 0.5) is 0 Å². The second-order valence-electron chi connectivity index (χ2n) is 7.72. The molecule has 2 N–H and O–H groups in total. The molecular weight excluding hydrogens is 351 g/mol. The van der Waals surface area contributed by atoms with Gasteiger partial charge in [0.15, 0.2) is 0 Å². The first kappa shape index (κ1) is 29.1. The topological polar surface area (TPSA) is 74.6 Å². The molecule has 0 fully saturated rings. The SMILES string of the molecule is CCCCCCCCCCCCCCCCCCC(CC(=O)O)C(=O)O.[NaH]. The fourth-order valence-corrected chi connectivity index (χ4v) is 3.46. The minimum atomic E-state index is -1.02. The number of hydrogen-bond acceptors (Lipinski definition) is 2. The zero-order valence-corrected chi connectivity index (χ0v) is 17.0. The third-order valence-electron chi connectivity index (χ3n) is 5.18. The first-order valence-electron chi connectivity index (χ1n) is 11.0. The van der Waals surface area contributed by atoms with Crippen LogP contribution >= 0.6 is 0 Å². The summed E-state index contributed by atoms with van der Waals surface area (Å²) in [5, 5.41) is 17.7. The van der Waals surface area contributed by atoms with E-state index in [0.29, 0.717) is 6.42 Å². The van der Waals surface area contributed by atoms with Gasteiger partial charge >= 0.3 is 41.5 Å². The molecular formula is C22H43NaO4. The fraction of sp³-hybridized carbons (Fsp3) is 0.909. The molecule has 0 aromatic heterocycles. The van der Waals surface area contributed by atoms with Crippen LogP contribution in [0.3, 0.4) is 0 Å². The Balaban J connectivity index is 0. The van der Waals surface area contributed by atoms with Crippen molar-refractivity contribution in [2.24, 2.45) is 5.92 Å². The molecule has 4 nitrogen and oxygen atoms in total. The van der Waals surface area contributed by atoms with Crippen molar-refractivity contribution in [1.82, 2.24) is 0 Å². The molecule has 0 saturated carbocycles. The van der Waals surface area contributed by atoms with Crippen LogP contribution in [-0.4, -0.2) is 51.7 Å². The van der Waals surface area contributed by atoms with Crippen molar-refractivity contribution >= 4 is 41.5 Å². The molecule has 0 spiro atoms. The van der Waals surface area contributed by atoms with Crippen molar-refractivity contribution < 1.29 is 19.8 Å². The maximum absolute atomic E-state index is 11.0.